The number of rotatable bonds is 4. The fourth-order valence-electron chi connectivity index (χ4n) is 1.19. The minimum Gasteiger partial charge on any atom is -0.461 e. The summed E-state index contributed by atoms with van der Waals surface area (Å²) >= 11 is 0. The summed E-state index contributed by atoms with van der Waals surface area (Å²) in [7, 11) is 1.31. The van der Waals surface area contributed by atoms with Gasteiger partial charge in [0.05, 0.1) is 6.61 Å². The Kier molecular flexibility index (Phi) is 2.94. The molecule has 0 saturated heterocycles. The van der Waals surface area contributed by atoms with Gasteiger partial charge in [-0.1, -0.05) is 0 Å². The lowest BCUT2D eigenvalue weighted by Crippen LogP contribution is -2.07. The van der Waals surface area contributed by atoms with Crippen molar-refractivity contribution in [2.75, 3.05) is 6.61 Å². The topological polar surface area (TPSA) is 76.2 Å². The van der Waals surface area contributed by atoms with Crippen molar-refractivity contribution in [1.82, 2.24) is 4.98 Å². The third-order valence-corrected chi connectivity index (χ3v) is 3.64. The van der Waals surface area contributed by atoms with Crippen molar-refractivity contribution in [3.8, 4) is 0 Å². The Morgan fingerprint density at radius 3 is 2.75 bits per heavy atom. The number of hydrogen-bond donors (Lipinski definition) is 1. The molecule has 0 amide bonds. The lowest BCUT2D eigenvalue weighted by molar-refractivity contribution is 0.0480. The molecule has 1 N–H and O–H groups in total. The van der Waals surface area contributed by atoms with Crippen LogP contribution in [0.3, 0.4) is 0 Å². The molecule has 0 spiro atoms. The Morgan fingerprint density at radius 2 is 2.25 bits per heavy atom. The van der Waals surface area contributed by atoms with Crippen LogP contribution in [0.15, 0.2) is 17.2 Å². The first-order valence-corrected chi connectivity index (χ1v) is 7.08. The van der Waals surface area contributed by atoms with Crippen LogP contribution >= 0.6 is 10.7 Å². The van der Waals surface area contributed by atoms with E-state index in [1.807, 2.05) is 0 Å². The Balaban J connectivity index is 2.02. The van der Waals surface area contributed by atoms with Crippen molar-refractivity contribution < 1.29 is 17.9 Å². The van der Waals surface area contributed by atoms with E-state index in [-0.39, 0.29) is 10.6 Å². The van der Waals surface area contributed by atoms with Crippen LogP contribution < -0.4 is 0 Å². The third kappa shape index (κ3) is 2.76. The molecule has 1 aromatic rings. The number of carbonyl (C=O) groups is 1. The first kappa shape index (κ1) is 11.5. The van der Waals surface area contributed by atoms with E-state index in [9.17, 15) is 13.2 Å². The van der Waals surface area contributed by atoms with Gasteiger partial charge < -0.3 is 9.72 Å². The molecule has 88 valence electrons. The average molecular weight is 264 g/mol. The summed E-state index contributed by atoms with van der Waals surface area (Å²) < 4.78 is 26.8. The molecule has 1 aliphatic rings. The summed E-state index contributed by atoms with van der Waals surface area (Å²) in [4.78, 5) is 13.8. The molecular weight excluding hydrogens is 254 g/mol. The molecule has 0 aliphatic heterocycles. The number of ether oxygens (including phenoxy) is 1. The Hall–Kier alpha value is -1.01. The van der Waals surface area contributed by atoms with Crippen molar-refractivity contribution in [2.24, 2.45) is 5.92 Å². The van der Waals surface area contributed by atoms with Gasteiger partial charge in [0.2, 0.25) is 0 Å². The predicted molar refractivity (Wildman–Crippen MR) is 56.8 cm³/mol. The second-order valence-electron chi connectivity index (χ2n) is 3.73. The predicted octanol–water partition coefficient (Wildman–Crippen LogP) is 1.51. The van der Waals surface area contributed by atoms with Gasteiger partial charge in [0, 0.05) is 16.9 Å². The van der Waals surface area contributed by atoms with Crippen LogP contribution in [0.25, 0.3) is 0 Å². The number of hydrogen-bond acceptors (Lipinski definition) is 4. The van der Waals surface area contributed by atoms with Gasteiger partial charge in [0.1, 0.15) is 10.6 Å². The average Bonchev–Trinajstić information content (AvgIpc) is 2.86. The normalized spacial score (nSPS) is 16.1. The summed E-state index contributed by atoms with van der Waals surface area (Å²) in [5.74, 6) is -0.0893. The van der Waals surface area contributed by atoms with Crippen LogP contribution in [0.5, 0.6) is 0 Å². The van der Waals surface area contributed by atoms with Crippen LogP contribution in [0.2, 0.25) is 0 Å². The molecule has 1 saturated carbocycles. The number of H-pyrrole nitrogens is 1. The maximum absolute atomic E-state index is 11.4. The van der Waals surface area contributed by atoms with Crippen molar-refractivity contribution >= 4 is 25.7 Å². The third-order valence-electron chi connectivity index (χ3n) is 2.31. The Morgan fingerprint density at radius 1 is 1.56 bits per heavy atom. The summed E-state index contributed by atoms with van der Waals surface area (Å²) in [5.41, 5.74) is 0.0971. The fraction of sp³-hybridized carbons (Fsp3) is 0.444. The van der Waals surface area contributed by atoms with E-state index in [0.29, 0.717) is 12.5 Å². The van der Waals surface area contributed by atoms with Crippen molar-refractivity contribution in [3.63, 3.8) is 0 Å². The van der Waals surface area contributed by atoms with Crippen LogP contribution in [-0.4, -0.2) is 26.0 Å². The van der Waals surface area contributed by atoms with Gasteiger partial charge in [0.15, 0.2) is 0 Å². The monoisotopic (exact) mass is 263 g/mol. The maximum Gasteiger partial charge on any atom is 0.354 e. The van der Waals surface area contributed by atoms with Gasteiger partial charge in [-0.3, -0.25) is 0 Å². The molecule has 0 radical (unpaired) electrons. The van der Waals surface area contributed by atoms with E-state index in [4.69, 9.17) is 15.4 Å². The number of aromatic amines is 1. The molecule has 1 aliphatic carbocycles. The second-order valence-corrected chi connectivity index (χ2v) is 6.29. The molecule has 0 aromatic carbocycles. The van der Waals surface area contributed by atoms with Crippen LogP contribution in [-0.2, 0) is 13.8 Å². The minimum absolute atomic E-state index is 0.0971. The van der Waals surface area contributed by atoms with Gasteiger partial charge in [-0.2, -0.15) is 0 Å². The molecule has 1 aromatic heterocycles. The summed E-state index contributed by atoms with van der Waals surface area (Å²) in [6.07, 6.45) is 3.33. The molecule has 0 unspecified atom stereocenters. The zero-order chi connectivity index (χ0) is 11.8. The standard InChI is InChI=1S/C9H10ClNO4S/c10-16(13,14)7-3-8(11-4-7)9(12)15-5-6-1-2-6/h3-4,6,11H,1-2,5H2. The van der Waals surface area contributed by atoms with E-state index in [1.165, 1.54) is 0 Å². The molecular formula is C9H10ClNO4S. The summed E-state index contributed by atoms with van der Waals surface area (Å²) in [5, 5.41) is 0. The summed E-state index contributed by atoms with van der Waals surface area (Å²) in [6, 6.07) is 1.16. The molecule has 0 atom stereocenters. The molecule has 1 heterocycles. The molecule has 7 heteroatoms. The largest absolute Gasteiger partial charge is 0.461 e. The molecule has 0 bridgehead atoms. The van der Waals surface area contributed by atoms with E-state index >= 15 is 0 Å². The highest BCUT2D eigenvalue weighted by molar-refractivity contribution is 8.13. The van der Waals surface area contributed by atoms with Crippen molar-refractivity contribution in [2.45, 2.75) is 17.7 Å². The molecule has 1 fully saturated rings. The lowest BCUT2D eigenvalue weighted by atomic mass is 10.4. The lowest BCUT2D eigenvalue weighted by Gasteiger charge is -2.00. The zero-order valence-corrected chi connectivity index (χ0v) is 9.85. The van der Waals surface area contributed by atoms with Gasteiger partial charge >= 0.3 is 5.97 Å². The number of halogens is 1. The number of nitrogens with one attached hydrogen (secondary N) is 1. The number of esters is 1. The Bertz CT molecular complexity index is 503. The van der Waals surface area contributed by atoms with E-state index in [2.05, 4.69) is 4.98 Å². The highest BCUT2D eigenvalue weighted by Gasteiger charge is 2.24. The molecule has 2 rings (SSSR count). The number of aromatic nitrogens is 1. The van der Waals surface area contributed by atoms with Crippen LogP contribution in [0.4, 0.5) is 0 Å². The highest BCUT2D eigenvalue weighted by atomic mass is 35.7. The van der Waals surface area contributed by atoms with Gasteiger partial charge in [-0.15, -0.1) is 0 Å². The van der Waals surface area contributed by atoms with Gasteiger partial charge in [0.25, 0.3) is 9.05 Å². The van der Waals surface area contributed by atoms with Crippen LogP contribution in [0, 0.1) is 5.92 Å². The highest BCUT2D eigenvalue weighted by Crippen LogP contribution is 2.29. The second kappa shape index (κ2) is 4.10. The van der Waals surface area contributed by atoms with Gasteiger partial charge in [-0.25, -0.2) is 13.2 Å². The first-order chi connectivity index (χ1) is 7.47. The first-order valence-electron chi connectivity index (χ1n) is 4.77. The van der Waals surface area contributed by atoms with Crippen molar-refractivity contribution in [1.29, 1.82) is 0 Å². The van der Waals surface area contributed by atoms with E-state index in [0.717, 1.165) is 25.1 Å². The zero-order valence-electron chi connectivity index (χ0n) is 8.27. The van der Waals surface area contributed by atoms with Gasteiger partial charge in [-0.05, 0) is 24.8 Å². The van der Waals surface area contributed by atoms with E-state index in [1.54, 1.807) is 0 Å². The SMILES string of the molecule is O=C(OCC1CC1)c1cc(S(=O)(=O)Cl)c[nH]1. The summed E-state index contributed by atoms with van der Waals surface area (Å²) in [6.45, 7) is 0.390. The molecule has 16 heavy (non-hydrogen) atoms. The number of carbonyl (C=O) groups excluding carboxylic acids is 1. The fourth-order valence-corrected chi connectivity index (χ4v) is 1.91. The maximum atomic E-state index is 11.4. The minimum atomic E-state index is -3.80. The van der Waals surface area contributed by atoms with E-state index < -0.39 is 15.0 Å². The molecule has 5 nitrogen and oxygen atoms in total. The quantitative estimate of drug-likeness (QED) is 0.660. The Labute approximate surface area is 97.2 Å². The van der Waals surface area contributed by atoms with Crippen molar-refractivity contribution in [3.05, 3.63) is 18.0 Å². The van der Waals surface area contributed by atoms with Crippen LogP contribution in [0.1, 0.15) is 23.3 Å². The smallest absolute Gasteiger partial charge is 0.354 e.